The number of nitrogens with zero attached hydrogens (tertiary/aromatic N) is 1. The highest BCUT2D eigenvalue weighted by Crippen LogP contribution is 2.32. The first kappa shape index (κ1) is 15.2. The van der Waals surface area contributed by atoms with Gasteiger partial charge in [0.2, 0.25) is 0 Å². The predicted octanol–water partition coefficient (Wildman–Crippen LogP) is 3.43. The number of imide groups is 1. The topological polar surface area (TPSA) is 46.6 Å². The molecule has 0 unspecified atom stereocenters. The number of amides is 2. The van der Waals surface area contributed by atoms with Gasteiger partial charge in [0, 0.05) is 0 Å². The zero-order valence-corrected chi connectivity index (χ0v) is 11.6. The van der Waals surface area contributed by atoms with Gasteiger partial charge in [-0.3, -0.25) is 14.4 Å². The number of carbonyl (C=O) groups excluding carboxylic acids is 2. The van der Waals surface area contributed by atoms with Gasteiger partial charge in [-0.1, -0.05) is 30.3 Å². The van der Waals surface area contributed by atoms with Gasteiger partial charge in [-0.15, -0.1) is 5.06 Å². The van der Waals surface area contributed by atoms with Crippen LogP contribution in [0.1, 0.15) is 31.8 Å². The Morgan fingerprint density at radius 3 is 1.96 bits per heavy atom. The summed E-state index contributed by atoms with van der Waals surface area (Å²) in [6, 6.07) is 10.9. The third-order valence-electron chi connectivity index (χ3n) is 3.43. The van der Waals surface area contributed by atoms with Crippen molar-refractivity contribution in [2.24, 2.45) is 0 Å². The summed E-state index contributed by atoms with van der Waals surface area (Å²) in [6.45, 7) is -0.541. The van der Waals surface area contributed by atoms with Gasteiger partial charge in [0.15, 0.2) is 0 Å². The van der Waals surface area contributed by atoms with Crippen molar-refractivity contribution in [2.45, 2.75) is 12.8 Å². The van der Waals surface area contributed by atoms with E-state index in [4.69, 9.17) is 4.84 Å². The molecule has 1 heterocycles. The molecule has 0 saturated carbocycles. The molecule has 0 bridgehead atoms. The molecule has 23 heavy (non-hydrogen) atoms. The normalized spacial score (nSPS) is 14.3. The summed E-state index contributed by atoms with van der Waals surface area (Å²) in [7, 11) is 0. The van der Waals surface area contributed by atoms with E-state index in [1.165, 1.54) is 30.3 Å². The molecule has 2 amide bonds. The molecule has 0 atom stereocenters. The Bertz CT molecular complexity index is 751. The molecule has 2 aromatic carbocycles. The van der Waals surface area contributed by atoms with Crippen LogP contribution in [-0.2, 0) is 17.6 Å². The van der Waals surface area contributed by atoms with E-state index >= 15 is 0 Å². The first-order valence-corrected chi connectivity index (χ1v) is 6.65. The number of carbonyl (C=O) groups is 2. The smallest absolute Gasteiger partial charge is 0.266 e. The van der Waals surface area contributed by atoms with Crippen molar-refractivity contribution in [3.63, 3.8) is 0 Å². The van der Waals surface area contributed by atoms with Gasteiger partial charge in [-0.05, 0) is 23.8 Å². The van der Waals surface area contributed by atoms with E-state index in [0.29, 0.717) is 5.06 Å². The average molecular weight is 321 g/mol. The van der Waals surface area contributed by atoms with Gasteiger partial charge in [0.1, 0.15) is 6.61 Å². The molecule has 1 aliphatic heterocycles. The molecule has 2 aromatic rings. The maximum Gasteiger partial charge on any atom is 0.416 e. The van der Waals surface area contributed by atoms with Gasteiger partial charge < -0.3 is 0 Å². The Hall–Kier alpha value is -2.67. The molecular formula is C16H10F3NO3. The maximum atomic E-state index is 12.9. The number of alkyl halides is 3. The van der Waals surface area contributed by atoms with Crippen LogP contribution in [0.2, 0.25) is 0 Å². The minimum absolute atomic E-state index is 0.156. The fourth-order valence-electron chi connectivity index (χ4n) is 2.34. The molecule has 0 radical (unpaired) electrons. The Kier molecular flexibility index (Phi) is 3.65. The van der Waals surface area contributed by atoms with Crippen LogP contribution in [0, 0.1) is 0 Å². The number of hydroxylamine groups is 2. The van der Waals surface area contributed by atoms with Crippen LogP contribution in [0.15, 0.2) is 48.5 Å². The summed E-state index contributed by atoms with van der Waals surface area (Å²) in [5.41, 5.74) is -0.684. The minimum atomic E-state index is -4.54. The van der Waals surface area contributed by atoms with Crippen molar-refractivity contribution in [1.82, 2.24) is 5.06 Å². The monoisotopic (exact) mass is 321 g/mol. The average Bonchev–Trinajstić information content (AvgIpc) is 2.77. The van der Waals surface area contributed by atoms with E-state index < -0.39 is 30.2 Å². The molecule has 7 heteroatoms. The van der Waals surface area contributed by atoms with E-state index in [2.05, 4.69) is 0 Å². The van der Waals surface area contributed by atoms with E-state index in [9.17, 15) is 22.8 Å². The molecule has 3 rings (SSSR count). The standard InChI is InChI=1S/C16H10F3NO3/c17-16(18,19)13-8-4-1-5-10(13)9-23-20-14(21)11-6-2-3-7-12(11)15(20)22/h1-8H,9H2. The second kappa shape index (κ2) is 5.51. The lowest BCUT2D eigenvalue weighted by molar-refractivity contribution is -0.141. The van der Waals surface area contributed by atoms with Crippen molar-refractivity contribution in [1.29, 1.82) is 0 Å². The number of hydrogen-bond acceptors (Lipinski definition) is 3. The molecular weight excluding hydrogens is 311 g/mol. The molecule has 1 aliphatic rings. The zero-order valence-electron chi connectivity index (χ0n) is 11.6. The highest BCUT2D eigenvalue weighted by Gasteiger charge is 2.37. The lowest BCUT2D eigenvalue weighted by Gasteiger charge is -2.16. The second-order valence-corrected chi connectivity index (χ2v) is 4.88. The van der Waals surface area contributed by atoms with E-state index in [1.54, 1.807) is 12.1 Å². The first-order valence-electron chi connectivity index (χ1n) is 6.65. The van der Waals surface area contributed by atoms with Gasteiger partial charge in [-0.2, -0.15) is 13.2 Å². The molecule has 0 aromatic heterocycles. The van der Waals surface area contributed by atoms with Gasteiger partial charge in [0.25, 0.3) is 11.8 Å². The Morgan fingerprint density at radius 2 is 1.39 bits per heavy atom. The van der Waals surface area contributed by atoms with Gasteiger partial charge >= 0.3 is 6.18 Å². The maximum absolute atomic E-state index is 12.9. The number of hydrogen-bond donors (Lipinski definition) is 0. The van der Waals surface area contributed by atoms with Crippen LogP contribution < -0.4 is 0 Å². The van der Waals surface area contributed by atoms with E-state index in [0.717, 1.165) is 6.07 Å². The third kappa shape index (κ3) is 2.70. The first-order chi connectivity index (χ1) is 10.9. The Morgan fingerprint density at radius 1 is 0.870 bits per heavy atom. The Labute approximate surface area is 129 Å². The molecule has 0 spiro atoms. The van der Waals surface area contributed by atoms with Crippen LogP contribution in [-0.4, -0.2) is 16.9 Å². The minimum Gasteiger partial charge on any atom is -0.266 e. The summed E-state index contributed by atoms with van der Waals surface area (Å²) in [5.74, 6) is -1.37. The van der Waals surface area contributed by atoms with Crippen molar-refractivity contribution in [2.75, 3.05) is 0 Å². The summed E-state index contributed by atoms with van der Waals surface area (Å²) in [4.78, 5) is 29.2. The summed E-state index contributed by atoms with van der Waals surface area (Å²) < 4.78 is 38.7. The van der Waals surface area contributed by atoms with Crippen LogP contribution in [0.3, 0.4) is 0 Å². The molecule has 0 aliphatic carbocycles. The van der Waals surface area contributed by atoms with Crippen LogP contribution in [0.5, 0.6) is 0 Å². The molecule has 0 fully saturated rings. The third-order valence-corrected chi connectivity index (χ3v) is 3.43. The lowest BCUT2D eigenvalue weighted by Crippen LogP contribution is -2.30. The summed E-state index contributed by atoms with van der Waals surface area (Å²) in [5, 5.41) is 0.498. The zero-order chi connectivity index (χ0) is 16.6. The van der Waals surface area contributed by atoms with Gasteiger partial charge in [0.05, 0.1) is 16.7 Å². The molecule has 0 N–H and O–H groups in total. The summed E-state index contributed by atoms with van der Waals surface area (Å²) >= 11 is 0. The largest absolute Gasteiger partial charge is 0.416 e. The predicted molar refractivity (Wildman–Crippen MR) is 73.2 cm³/mol. The number of rotatable bonds is 3. The van der Waals surface area contributed by atoms with Crippen LogP contribution in [0.25, 0.3) is 0 Å². The molecule has 0 saturated heterocycles. The second-order valence-electron chi connectivity index (χ2n) is 4.88. The fraction of sp³-hybridized carbons (Fsp3) is 0.125. The summed E-state index contributed by atoms with van der Waals surface area (Å²) in [6.07, 6.45) is -4.54. The van der Waals surface area contributed by atoms with E-state index in [1.807, 2.05) is 0 Å². The van der Waals surface area contributed by atoms with Crippen molar-refractivity contribution >= 4 is 11.8 Å². The van der Waals surface area contributed by atoms with E-state index in [-0.39, 0.29) is 16.7 Å². The van der Waals surface area contributed by atoms with Crippen molar-refractivity contribution < 1.29 is 27.6 Å². The number of fused-ring (bicyclic) bond motifs is 1. The number of benzene rings is 2. The highest BCUT2D eigenvalue weighted by atomic mass is 19.4. The SMILES string of the molecule is O=C1c2ccccc2C(=O)N1OCc1ccccc1C(F)(F)F. The Balaban J connectivity index is 1.81. The lowest BCUT2D eigenvalue weighted by atomic mass is 10.1. The fourth-order valence-corrected chi connectivity index (χ4v) is 2.34. The molecule has 118 valence electrons. The van der Waals surface area contributed by atoms with Crippen LogP contribution >= 0.6 is 0 Å². The van der Waals surface area contributed by atoms with Crippen molar-refractivity contribution in [3.8, 4) is 0 Å². The highest BCUT2D eigenvalue weighted by molar-refractivity contribution is 6.20. The molecule has 4 nitrogen and oxygen atoms in total. The van der Waals surface area contributed by atoms with Crippen LogP contribution in [0.4, 0.5) is 13.2 Å². The number of halogens is 3. The quantitative estimate of drug-likeness (QED) is 0.814. The van der Waals surface area contributed by atoms with Crippen molar-refractivity contribution in [3.05, 3.63) is 70.8 Å². The van der Waals surface area contributed by atoms with Gasteiger partial charge in [-0.25, -0.2) is 0 Å².